The second-order valence-corrected chi connectivity index (χ2v) is 28.9. The molecule has 3 saturated carbocycles. The van der Waals surface area contributed by atoms with E-state index >= 15 is 0 Å². The number of hydrogen-bond donors (Lipinski definition) is 3. The Balaban J connectivity index is 0.000000199. The van der Waals surface area contributed by atoms with Gasteiger partial charge in [0.1, 0.15) is 52.2 Å². The maximum atomic E-state index is 13.4. The number of carbonyl (C=O) groups is 2. The quantitative estimate of drug-likeness (QED) is 0.0374. The van der Waals surface area contributed by atoms with Crippen LogP contribution in [-0.4, -0.2) is 74.8 Å². The van der Waals surface area contributed by atoms with Gasteiger partial charge in [0.25, 0.3) is 0 Å². The summed E-state index contributed by atoms with van der Waals surface area (Å²) in [5.41, 5.74) is 10.2. The normalized spacial score (nSPS) is 16.4. The molecule has 0 unspecified atom stereocenters. The van der Waals surface area contributed by atoms with Crippen LogP contribution in [0.1, 0.15) is 66.6 Å². The van der Waals surface area contributed by atoms with Crippen molar-refractivity contribution < 1.29 is 90.5 Å². The first kappa shape index (κ1) is 86.2. The van der Waals surface area contributed by atoms with Crippen molar-refractivity contribution in [2.45, 2.75) is 83.5 Å². The first-order valence-electron chi connectivity index (χ1n) is 35.9. The van der Waals surface area contributed by atoms with Crippen molar-refractivity contribution in [3.8, 4) is 84.0 Å². The number of phenols is 1. The zero-order valence-electron chi connectivity index (χ0n) is 62.3. The maximum Gasteiger partial charge on any atom is 1.00 e. The molecule has 9 nitrogen and oxygen atoms in total. The molecule has 15 rings (SSSR count). The fraction of sp³-hybridized carbons (Fsp3) is 0.204. The number of methoxy groups -OCH3 is 2. The topological polar surface area (TPSA) is 132 Å². The van der Waals surface area contributed by atoms with Crippen molar-refractivity contribution in [1.82, 2.24) is 0 Å². The molecule has 0 spiro atoms. The molecule has 18 heteroatoms. The number of aliphatic hydroxyl groups is 2. The average molecular weight is 1510 g/mol. The van der Waals surface area contributed by atoms with Crippen molar-refractivity contribution in [3.63, 3.8) is 0 Å². The van der Waals surface area contributed by atoms with Gasteiger partial charge in [0, 0.05) is 15.0 Å². The molecule has 3 N–H and O–H groups in total. The van der Waals surface area contributed by atoms with Gasteiger partial charge in [-0.1, -0.05) is 171 Å². The average Bonchev–Trinajstić information content (AvgIpc) is 0.992. The molecule has 111 heavy (non-hydrogen) atoms. The zero-order chi connectivity index (χ0) is 75.9. The summed E-state index contributed by atoms with van der Waals surface area (Å²) in [6, 6.07) is 86.4. The minimum absolute atomic E-state index is 0. The molecule has 12 aromatic carbocycles. The zero-order valence-corrected chi connectivity index (χ0v) is 62.2. The monoisotopic (exact) mass is 1510 g/mol. The van der Waals surface area contributed by atoms with E-state index < -0.39 is 7.92 Å². The van der Waals surface area contributed by atoms with Crippen LogP contribution < -0.4 is 44.2 Å². The Labute approximate surface area is 662 Å². The molecule has 0 heterocycles. The largest absolute Gasteiger partial charge is 1.00 e. The Hall–Kier alpha value is -10.4. The van der Waals surface area contributed by atoms with E-state index in [0.29, 0.717) is 24.5 Å². The van der Waals surface area contributed by atoms with E-state index in [0.717, 1.165) is 117 Å². The number of aromatic hydroxyl groups is 1. The van der Waals surface area contributed by atoms with E-state index in [2.05, 4.69) is 95.7 Å². The van der Waals surface area contributed by atoms with E-state index in [-0.39, 0.29) is 125 Å². The van der Waals surface area contributed by atoms with Crippen LogP contribution in [0.15, 0.2) is 291 Å². The molecule has 565 valence electrons. The molecule has 0 aliphatic heterocycles. The summed E-state index contributed by atoms with van der Waals surface area (Å²) in [4.78, 5) is 22.6. The predicted octanol–water partition coefficient (Wildman–Crippen LogP) is 18.0. The molecule has 3 fully saturated rings. The number of phenolic OH excluding ortho intramolecular Hbond substituents is 1. The SMILES string of the molecule is C.COC(=O)[C@H]1CC[C@@H](Oc2cc(-c3ccc(F)cc3)cc(-c3ccc(F)cc3)c2)C1.COC(=O)[C@H]1CC[C@H](O)C1.OC[C@H]1CC[C@@H](Oc2cc(-c3ccc(F)cc3)cc(-c3ccc(F)cc3)c2)C1.Oc1cc(-c2ccc(F)cc2)cc(-c2ccc(F)cc2)c1.[B].[H-].[Li+].c1ccc(P(c2ccccc2)c2ccccc2)cc1. The first-order valence-corrected chi connectivity index (χ1v) is 37.2. The van der Waals surface area contributed by atoms with Gasteiger partial charge in [-0.05, 0) is 282 Å². The minimum Gasteiger partial charge on any atom is -1.00 e. The number of hydrogen-bond acceptors (Lipinski definition) is 9. The maximum absolute atomic E-state index is 13.4. The second kappa shape index (κ2) is 42.7. The van der Waals surface area contributed by atoms with Gasteiger partial charge in [0.05, 0.1) is 44.4 Å². The van der Waals surface area contributed by atoms with Gasteiger partial charge in [0.2, 0.25) is 0 Å². The molecule has 0 saturated heterocycles. The van der Waals surface area contributed by atoms with Crippen LogP contribution >= 0.6 is 7.92 Å². The number of carbonyl (C=O) groups excluding carboxylic acids is 2. The van der Waals surface area contributed by atoms with Gasteiger partial charge in [0.15, 0.2) is 0 Å². The van der Waals surface area contributed by atoms with E-state index in [4.69, 9.17) is 19.3 Å². The third kappa shape index (κ3) is 25.0. The van der Waals surface area contributed by atoms with Gasteiger partial charge in [-0.3, -0.25) is 9.59 Å². The number of ether oxygens (including phenoxy) is 4. The third-order valence-electron chi connectivity index (χ3n) is 19.1. The van der Waals surface area contributed by atoms with Crippen LogP contribution in [0.2, 0.25) is 0 Å². The number of aliphatic hydroxyl groups excluding tert-OH is 2. The van der Waals surface area contributed by atoms with E-state index in [1.54, 1.807) is 84.9 Å². The van der Waals surface area contributed by atoms with Crippen LogP contribution in [0, 0.1) is 52.7 Å². The molecule has 0 amide bonds. The van der Waals surface area contributed by atoms with Gasteiger partial charge in [-0.15, -0.1) is 0 Å². The summed E-state index contributed by atoms with van der Waals surface area (Å²) in [7, 11) is 2.34. The number of esters is 2. The fourth-order valence-electron chi connectivity index (χ4n) is 13.4. The van der Waals surface area contributed by atoms with Crippen molar-refractivity contribution in [2.24, 2.45) is 17.8 Å². The molecule has 3 aliphatic rings. The second-order valence-electron chi connectivity index (χ2n) is 26.7. The molecule has 12 aromatic rings. The Kier molecular flexibility index (Phi) is 33.1. The number of halogens is 6. The summed E-state index contributed by atoms with van der Waals surface area (Å²) in [6.07, 6.45) is 6.61. The molecule has 0 bridgehead atoms. The fourth-order valence-corrected chi connectivity index (χ4v) is 15.7. The first-order chi connectivity index (χ1) is 52.4. The minimum atomic E-state index is -0.446. The Bertz CT molecular complexity index is 4570. The number of benzene rings is 12. The van der Waals surface area contributed by atoms with Gasteiger partial charge >= 0.3 is 30.8 Å². The molecule has 0 aromatic heterocycles. The van der Waals surface area contributed by atoms with Crippen molar-refractivity contribution >= 4 is 44.2 Å². The summed E-state index contributed by atoms with van der Waals surface area (Å²) in [5, 5.41) is 32.5. The van der Waals surface area contributed by atoms with Crippen LogP contribution in [0.4, 0.5) is 26.3 Å². The summed E-state index contributed by atoms with van der Waals surface area (Å²) < 4.78 is 101. The molecule has 6 atom stereocenters. The van der Waals surface area contributed by atoms with Crippen LogP contribution in [0.25, 0.3) is 66.8 Å². The number of rotatable bonds is 16. The van der Waals surface area contributed by atoms with Crippen LogP contribution in [0.5, 0.6) is 17.2 Å². The van der Waals surface area contributed by atoms with Crippen LogP contribution in [-0.2, 0) is 19.1 Å². The standard InChI is InChI=1S/C25H22F2O3.C24H22F2O2.C18H12F2O.C18H15P.C7H12O3.CH4.B.Li.H/c1-29-25(28)18-6-11-23(13-18)30-24-14-19(16-2-7-21(26)8-3-16)12-20(15-24)17-4-9-22(27)10-5-17;25-21-6-2-17(3-7-21)19-12-20(18-4-8-22(26)9-5-18)14-24(13-19)28-23-10-1-16(11-23)15-27;19-16-5-1-12(2-6-16)14-9-15(11-18(21)10-14)13-3-7-17(20)8-4-13;1-4-10-16(11-5-1)19(17-12-6-2-7-13-17)18-14-8-3-9-15-18;1-10-7(9)5-2-3-6(8)4-5;;;;/h2-5,7-10,12,14-15,18,23H,6,11,13H2,1H3;2-9,12-14,16,23,27H,1,10-11,15H2;1-11,21H;1-15H;5-6,8H,2-4H2,1H3;1H4;;;/q;;;;;;;+1;-1/t18-,23+;16-,23+;;;5-,6-;;;;/m00..0..../s1. The smallest absolute Gasteiger partial charge is 1.00 e. The van der Waals surface area contributed by atoms with Crippen molar-refractivity contribution in [3.05, 3.63) is 326 Å². The Morgan fingerprint density at radius 3 is 0.910 bits per heavy atom. The van der Waals surface area contributed by atoms with Crippen molar-refractivity contribution in [1.29, 1.82) is 0 Å². The molecule has 3 radical (unpaired) electrons. The van der Waals surface area contributed by atoms with E-state index in [1.165, 1.54) is 103 Å². The van der Waals surface area contributed by atoms with Crippen LogP contribution in [0.3, 0.4) is 0 Å². The molecular weight excluding hydrogens is 1420 g/mol. The molecule has 3 aliphatic carbocycles. The molecular formula is C93H88BF6LiO9P. The van der Waals surface area contributed by atoms with Gasteiger partial charge < -0.3 is 35.7 Å². The van der Waals surface area contributed by atoms with Gasteiger partial charge in [-0.2, -0.15) is 0 Å². The van der Waals surface area contributed by atoms with Gasteiger partial charge in [-0.25, -0.2) is 26.3 Å². The third-order valence-corrected chi connectivity index (χ3v) is 21.5. The summed E-state index contributed by atoms with van der Waals surface area (Å²) >= 11 is 0. The summed E-state index contributed by atoms with van der Waals surface area (Å²) in [5.74, 6) is -0.576. The van der Waals surface area contributed by atoms with E-state index in [1.807, 2.05) is 42.5 Å². The van der Waals surface area contributed by atoms with Crippen molar-refractivity contribution in [2.75, 3.05) is 20.8 Å². The predicted molar refractivity (Wildman–Crippen MR) is 430 cm³/mol. The summed E-state index contributed by atoms with van der Waals surface area (Å²) in [6.45, 7) is 0.191. The Morgan fingerprint density at radius 1 is 0.369 bits per heavy atom. The Morgan fingerprint density at radius 2 is 0.640 bits per heavy atom. The van der Waals surface area contributed by atoms with E-state index in [9.17, 15) is 46.1 Å².